The number of nitrogens with one attached hydrogen (secondary N) is 3. The molecule has 0 bridgehead atoms. The zero-order valence-corrected chi connectivity index (χ0v) is 10.9. The first-order valence-electron chi connectivity index (χ1n) is 4.72. The molecule has 0 aliphatic heterocycles. The van der Waals surface area contributed by atoms with Crippen LogP contribution in [0.15, 0.2) is 18.2 Å². The first kappa shape index (κ1) is 13.6. The summed E-state index contributed by atoms with van der Waals surface area (Å²) < 4.78 is 0. The molecule has 7 heteroatoms. The Morgan fingerprint density at radius 2 is 1.88 bits per heavy atom. The third-order valence-corrected chi connectivity index (χ3v) is 2.68. The van der Waals surface area contributed by atoms with Crippen LogP contribution in [0.1, 0.15) is 0 Å². The number of guanidine groups is 1. The molecular formula is C10H12Cl2N4O. The van der Waals surface area contributed by atoms with Crippen molar-refractivity contribution in [3.8, 4) is 0 Å². The van der Waals surface area contributed by atoms with E-state index in [0.717, 1.165) is 0 Å². The molecule has 0 aromatic heterocycles. The Hall–Kier alpha value is -1.46. The maximum absolute atomic E-state index is 11.1. The van der Waals surface area contributed by atoms with Gasteiger partial charge < -0.3 is 10.2 Å². The lowest BCUT2D eigenvalue weighted by Gasteiger charge is -2.22. The molecule has 0 atom stereocenters. The second-order valence-electron chi connectivity index (χ2n) is 3.18. The number of hydrogen-bond acceptors (Lipinski definition) is 2. The van der Waals surface area contributed by atoms with Crippen molar-refractivity contribution >= 4 is 40.9 Å². The van der Waals surface area contributed by atoms with Crippen molar-refractivity contribution in [3.05, 3.63) is 28.2 Å². The fraction of sp³-hybridized carbons (Fsp3) is 0.200. The van der Waals surface area contributed by atoms with E-state index in [-0.39, 0.29) is 5.96 Å². The summed E-state index contributed by atoms with van der Waals surface area (Å²) in [5.74, 6) is -0.126. The minimum Gasteiger partial charge on any atom is -0.341 e. The molecule has 0 fully saturated rings. The van der Waals surface area contributed by atoms with E-state index in [0.29, 0.717) is 15.7 Å². The third-order valence-electron chi connectivity index (χ3n) is 2.07. The lowest BCUT2D eigenvalue weighted by Crippen LogP contribution is -2.45. The van der Waals surface area contributed by atoms with Crippen LogP contribution in [-0.4, -0.2) is 26.1 Å². The van der Waals surface area contributed by atoms with Crippen LogP contribution < -0.4 is 15.5 Å². The maximum Gasteiger partial charge on any atom is 0.321 e. The van der Waals surface area contributed by atoms with Crippen molar-refractivity contribution in [3.63, 3.8) is 0 Å². The second kappa shape index (κ2) is 5.75. The van der Waals surface area contributed by atoms with Gasteiger partial charge in [0.1, 0.15) is 0 Å². The van der Waals surface area contributed by atoms with E-state index in [1.807, 2.05) is 0 Å². The predicted molar refractivity (Wildman–Crippen MR) is 70.2 cm³/mol. The molecule has 0 unspecified atom stereocenters. The van der Waals surface area contributed by atoms with Gasteiger partial charge in [0.2, 0.25) is 5.96 Å². The number of hydrogen-bond donors (Lipinski definition) is 3. The van der Waals surface area contributed by atoms with Crippen LogP contribution >= 0.6 is 23.2 Å². The number of halogens is 2. The number of amides is 2. The number of urea groups is 1. The number of carbonyl (C=O) groups is 1. The second-order valence-corrected chi connectivity index (χ2v) is 4.00. The molecule has 1 aromatic rings. The number of anilines is 1. The Labute approximate surface area is 109 Å². The fourth-order valence-corrected chi connectivity index (χ4v) is 1.83. The van der Waals surface area contributed by atoms with E-state index in [9.17, 15) is 4.79 Å². The summed E-state index contributed by atoms with van der Waals surface area (Å²) in [5, 5.41) is 13.2. The van der Waals surface area contributed by atoms with Crippen molar-refractivity contribution in [2.45, 2.75) is 0 Å². The molecule has 2 amide bonds. The average molecular weight is 275 g/mol. The van der Waals surface area contributed by atoms with Crippen molar-refractivity contribution < 1.29 is 4.79 Å². The van der Waals surface area contributed by atoms with Crippen molar-refractivity contribution in [1.29, 1.82) is 5.41 Å². The van der Waals surface area contributed by atoms with E-state index in [2.05, 4.69) is 10.6 Å². The number of nitrogens with zero attached hydrogens (tertiary/aromatic N) is 1. The van der Waals surface area contributed by atoms with Gasteiger partial charge in [-0.15, -0.1) is 0 Å². The summed E-state index contributed by atoms with van der Waals surface area (Å²) in [4.78, 5) is 12.5. The summed E-state index contributed by atoms with van der Waals surface area (Å²) in [6.07, 6.45) is 0. The number of benzene rings is 1. The Morgan fingerprint density at radius 3 is 2.35 bits per heavy atom. The minimum absolute atomic E-state index is 0.126. The summed E-state index contributed by atoms with van der Waals surface area (Å²) in [6.45, 7) is 0. The van der Waals surface area contributed by atoms with Crippen molar-refractivity contribution in [1.82, 2.24) is 10.6 Å². The molecule has 0 radical (unpaired) electrons. The first-order chi connectivity index (χ1) is 7.97. The van der Waals surface area contributed by atoms with Gasteiger partial charge in [0.25, 0.3) is 0 Å². The Bertz CT molecular complexity index is 430. The monoisotopic (exact) mass is 274 g/mol. The van der Waals surface area contributed by atoms with Crippen LogP contribution in [0.25, 0.3) is 0 Å². The molecule has 1 rings (SSSR count). The number of para-hydroxylation sites is 1. The molecular weight excluding hydrogens is 263 g/mol. The Kier molecular flexibility index (Phi) is 4.60. The highest BCUT2D eigenvalue weighted by Crippen LogP contribution is 2.32. The molecule has 0 heterocycles. The van der Waals surface area contributed by atoms with Gasteiger partial charge >= 0.3 is 6.03 Å². The highest BCUT2D eigenvalue weighted by molar-refractivity contribution is 6.40. The van der Waals surface area contributed by atoms with Gasteiger partial charge in [0, 0.05) is 14.1 Å². The highest BCUT2D eigenvalue weighted by Gasteiger charge is 2.15. The molecule has 1 aromatic carbocycles. The molecule has 3 N–H and O–H groups in total. The predicted octanol–water partition coefficient (Wildman–Crippen LogP) is 2.29. The number of rotatable bonds is 1. The number of carbonyl (C=O) groups excluding carboxylic acids is 1. The summed E-state index contributed by atoms with van der Waals surface area (Å²) in [7, 11) is 3.05. The van der Waals surface area contributed by atoms with E-state index < -0.39 is 6.03 Å². The van der Waals surface area contributed by atoms with Crippen molar-refractivity contribution in [2.75, 3.05) is 19.0 Å². The quantitative estimate of drug-likeness (QED) is 0.543. The van der Waals surface area contributed by atoms with E-state index in [4.69, 9.17) is 28.6 Å². The molecule has 0 aliphatic carbocycles. The fourth-order valence-electron chi connectivity index (χ4n) is 1.18. The van der Waals surface area contributed by atoms with E-state index in [1.165, 1.54) is 11.9 Å². The standard InChI is InChI=1S/C10H12Cl2N4O/c1-14-10(17)15-9(13)16(2)8-6(11)4-3-5-7(8)12/h3-5H,1-2H3,(H3,13,14,15,17). The highest BCUT2D eigenvalue weighted by atomic mass is 35.5. The smallest absolute Gasteiger partial charge is 0.321 e. The molecule has 0 saturated carbocycles. The van der Waals surface area contributed by atoms with Gasteiger partial charge in [0.15, 0.2) is 0 Å². The van der Waals surface area contributed by atoms with Crippen LogP contribution in [-0.2, 0) is 0 Å². The Morgan fingerprint density at radius 1 is 1.35 bits per heavy atom. The lowest BCUT2D eigenvalue weighted by molar-refractivity contribution is 0.247. The van der Waals surface area contributed by atoms with Gasteiger partial charge in [-0.3, -0.25) is 10.7 Å². The van der Waals surface area contributed by atoms with Gasteiger partial charge in [0.05, 0.1) is 15.7 Å². The summed E-state index contributed by atoms with van der Waals surface area (Å²) >= 11 is 12.0. The van der Waals surface area contributed by atoms with E-state index >= 15 is 0 Å². The third kappa shape index (κ3) is 3.25. The average Bonchev–Trinajstić information content (AvgIpc) is 2.28. The first-order valence-corrected chi connectivity index (χ1v) is 5.48. The Balaban J connectivity index is 2.93. The van der Waals surface area contributed by atoms with Gasteiger partial charge in [-0.1, -0.05) is 29.3 Å². The maximum atomic E-state index is 11.1. The zero-order valence-electron chi connectivity index (χ0n) is 9.34. The minimum atomic E-state index is -0.481. The molecule has 0 aliphatic rings. The summed E-state index contributed by atoms with van der Waals surface area (Å²) in [5.41, 5.74) is 0.470. The van der Waals surface area contributed by atoms with E-state index in [1.54, 1.807) is 25.2 Å². The largest absolute Gasteiger partial charge is 0.341 e. The lowest BCUT2D eigenvalue weighted by atomic mass is 10.3. The van der Waals surface area contributed by atoms with Crippen LogP contribution in [0.3, 0.4) is 0 Å². The van der Waals surface area contributed by atoms with Crippen LogP contribution in [0.5, 0.6) is 0 Å². The van der Waals surface area contributed by atoms with Gasteiger partial charge in [-0.25, -0.2) is 4.79 Å². The topological polar surface area (TPSA) is 68.2 Å². The van der Waals surface area contributed by atoms with Crippen LogP contribution in [0, 0.1) is 5.41 Å². The SMILES string of the molecule is CNC(=O)NC(=N)N(C)c1c(Cl)cccc1Cl. The molecule has 92 valence electrons. The molecule has 0 spiro atoms. The van der Waals surface area contributed by atoms with Gasteiger partial charge in [-0.05, 0) is 12.1 Å². The normalized spacial score (nSPS) is 9.65. The van der Waals surface area contributed by atoms with Gasteiger partial charge in [-0.2, -0.15) is 0 Å². The van der Waals surface area contributed by atoms with Crippen LogP contribution in [0.2, 0.25) is 10.0 Å². The van der Waals surface area contributed by atoms with Crippen LogP contribution in [0.4, 0.5) is 10.5 Å². The molecule has 17 heavy (non-hydrogen) atoms. The zero-order chi connectivity index (χ0) is 13.0. The summed E-state index contributed by atoms with van der Waals surface area (Å²) in [6, 6.07) is 4.54. The van der Waals surface area contributed by atoms with Crippen molar-refractivity contribution in [2.24, 2.45) is 0 Å². The molecule has 5 nitrogen and oxygen atoms in total. The molecule has 0 saturated heterocycles.